The van der Waals surface area contributed by atoms with E-state index < -0.39 is 5.97 Å². The van der Waals surface area contributed by atoms with Crippen molar-refractivity contribution in [2.75, 3.05) is 26.6 Å². The number of nitrogens with zero attached hydrogens (tertiary/aromatic N) is 1. The number of ether oxygens (including phenoxy) is 3. The van der Waals surface area contributed by atoms with Crippen LogP contribution in [0.5, 0.6) is 5.88 Å². The third kappa shape index (κ3) is 4.10. The highest BCUT2D eigenvalue weighted by Crippen LogP contribution is 2.23. The Morgan fingerprint density at radius 1 is 1.42 bits per heavy atom. The number of anilines is 1. The molecule has 0 bridgehead atoms. The summed E-state index contributed by atoms with van der Waals surface area (Å²) >= 11 is 0. The van der Waals surface area contributed by atoms with Gasteiger partial charge in [-0.05, 0) is 19.9 Å². The minimum atomic E-state index is -0.512. The van der Waals surface area contributed by atoms with Crippen LogP contribution in [-0.2, 0) is 9.47 Å². The van der Waals surface area contributed by atoms with Crippen molar-refractivity contribution >= 4 is 11.7 Å². The molecule has 0 aliphatic carbocycles. The lowest BCUT2D eigenvalue weighted by atomic mass is 10.1. The van der Waals surface area contributed by atoms with Gasteiger partial charge in [0.1, 0.15) is 5.69 Å². The van der Waals surface area contributed by atoms with Crippen molar-refractivity contribution in [1.82, 2.24) is 4.98 Å². The van der Waals surface area contributed by atoms with Gasteiger partial charge in [0.15, 0.2) is 0 Å². The number of carbonyl (C=O) groups is 1. The highest BCUT2D eigenvalue weighted by atomic mass is 16.5. The zero-order chi connectivity index (χ0) is 14.5. The largest absolute Gasteiger partial charge is 0.476 e. The van der Waals surface area contributed by atoms with E-state index in [1.165, 1.54) is 19.4 Å². The lowest BCUT2D eigenvalue weighted by Gasteiger charge is -2.22. The Morgan fingerprint density at radius 2 is 2.11 bits per heavy atom. The Bertz CT molecular complexity index is 446. The number of hydrogen-bond acceptors (Lipinski definition) is 6. The third-order valence-electron chi connectivity index (χ3n) is 2.85. The van der Waals surface area contributed by atoms with Crippen molar-refractivity contribution < 1.29 is 19.0 Å². The van der Waals surface area contributed by atoms with Crippen molar-refractivity contribution in [1.29, 1.82) is 0 Å². The van der Waals surface area contributed by atoms with Gasteiger partial charge in [-0.3, -0.25) is 0 Å². The first-order valence-corrected chi connectivity index (χ1v) is 5.92. The molecule has 2 N–H and O–H groups in total. The molecule has 0 fully saturated rings. The molecule has 0 radical (unpaired) electrons. The molecule has 0 unspecified atom stereocenters. The maximum Gasteiger partial charge on any atom is 0.340 e. The second kappa shape index (κ2) is 6.38. The molecule has 1 heterocycles. The van der Waals surface area contributed by atoms with Gasteiger partial charge in [0.25, 0.3) is 0 Å². The van der Waals surface area contributed by atoms with Gasteiger partial charge < -0.3 is 19.9 Å². The topological polar surface area (TPSA) is 83.7 Å². The number of nitrogens with two attached hydrogens (primary N) is 1. The van der Waals surface area contributed by atoms with Crippen LogP contribution in [0, 0.1) is 0 Å². The van der Waals surface area contributed by atoms with Crippen LogP contribution in [0.2, 0.25) is 0 Å². The van der Waals surface area contributed by atoms with Gasteiger partial charge in [-0.25, -0.2) is 9.78 Å². The molecular formula is C13H20N2O4. The summed E-state index contributed by atoms with van der Waals surface area (Å²) in [6.45, 7) is 4.30. The van der Waals surface area contributed by atoms with E-state index in [1.54, 1.807) is 7.11 Å². The van der Waals surface area contributed by atoms with E-state index in [9.17, 15) is 4.79 Å². The first-order chi connectivity index (χ1) is 8.91. The molecule has 0 saturated carbocycles. The number of pyridine rings is 1. The van der Waals surface area contributed by atoms with E-state index >= 15 is 0 Å². The van der Waals surface area contributed by atoms with E-state index in [-0.39, 0.29) is 22.7 Å². The number of rotatable bonds is 6. The average Bonchev–Trinajstić information content (AvgIpc) is 2.40. The van der Waals surface area contributed by atoms with Crippen LogP contribution in [0.3, 0.4) is 0 Å². The van der Waals surface area contributed by atoms with E-state index in [1.807, 2.05) is 13.8 Å². The summed E-state index contributed by atoms with van der Waals surface area (Å²) in [5.41, 5.74) is 5.97. The predicted octanol–water partition coefficient (Wildman–Crippen LogP) is 1.64. The molecule has 1 aromatic heterocycles. The standard InChI is InChI=1S/C13H20N2O4/c1-13(2,18-4)6-8-19-11-10(14)9(5-7-15-11)12(16)17-3/h5,7H,6,8,14H2,1-4H3. The van der Waals surface area contributed by atoms with Crippen LogP contribution >= 0.6 is 0 Å². The molecule has 0 aliphatic heterocycles. The van der Waals surface area contributed by atoms with E-state index in [4.69, 9.17) is 15.2 Å². The SMILES string of the molecule is COC(=O)c1ccnc(OCCC(C)(C)OC)c1N. The maximum atomic E-state index is 11.5. The summed E-state index contributed by atoms with van der Waals surface area (Å²) in [4.78, 5) is 15.5. The fourth-order valence-electron chi connectivity index (χ4n) is 1.35. The fraction of sp³-hybridized carbons (Fsp3) is 0.538. The monoisotopic (exact) mass is 268 g/mol. The molecule has 1 rings (SSSR count). The van der Waals surface area contributed by atoms with E-state index in [2.05, 4.69) is 9.72 Å². The Morgan fingerprint density at radius 3 is 2.68 bits per heavy atom. The normalized spacial score (nSPS) is 11.2. The van der Waals surface area contributed by atoms with Crippen LogP contribution < -0.4 is 10.5 Å². The van der Waals surface area contributed by atoms with Gasteiger partial charge in [0, 0.05) is 19.7 Å². The Hall–Kier alpha value is -1.82. The molecule has 6 heteroatoms. The molecule has 0 amide bonds. The van der Waals surface area contributed by atoms with Crippen molar-refractivity contribution in [3.05, 3.63) is 17.8 Å². The van der Waals surface area contributed by atoms with Gasteiger partial charge in [0.05, 0.1) is 24.9 Å². The summed E-state index contributed by atoms with van der Waals surface area (Å²) in [6, 6.07) is 1.49. The molecule has 19 heavy (non-hydrogen) atoms. The Kier molecular flexibility index (Phi) is 5.11. The summed E-state index contributed by atoms with van der Waals surface area (Å²) in [6.07, 6.45) is 2.13. The number of aromatic nitrogens is 1. The van der Waals surface area contributed by atoms with Crippen LogP contribution in [0.4, 0.5) is 5.69 Å². The number of esters is 1. The lowest BCUT2D eigenvalue weighted by molar-refractivity contribution is 0.00512. The summed E-state index contributed by atoms with van der Waals surface area (Å²) < 4.78 is 15.4. The zero-order valence-corrected chi connectivity index (χ0v) is 11.7. The molecule has 0 aromatic carbocycles. The fourth-order valence-corrected chi connectivity index (χ4v) is 1.35. The molecular weight excluding hydrogens is 248 g/mol. The Balaban J connectivity index is 2.72. The van der Waals surface area contributed by atoms with E-state index in [0.717, 1.165) is 0 Å². The van der Waals surface area contributed by atoms with Crippen molar-refractivity contribution in [3.63, 3.8) is 0 Å². The van der Waals surface area contributed by atoms with Crippen molar-refractivity contribution in [2.45, 2.75) is 25.9 Å². The molecule has 0 spiro atoms. The van der Waals surface area contributed by atoms with Crippen LogP contribution in [0.25, 0.3) is 0 Å². The van der Waals surface area contributed by atoms with Crippen LogP contribution in [0.1, 0.15) is 30.6 Å². The summed E-state index contributed by atoms with van der Waals surface area (Å²) in [5.74, 6) is -0.281. The predicted molar refractivity (Wildman–Crippen MR) is 71.2 cm³/mol. The molecule has 0 atom stereocenters. The Labute approximate surface area is 112 Å². The molecule has 106 valence electrons. The molecule has 6 nitrogen and oxygen atoms in total. The van der Waals surface area contributed by atoms with Crippen LogP contribution in [-0.4, -0.2) is 37.4 Å². The summed E-state index contributed by atoms with van der Waals surface area (Å²) in [5, 5.41) is 0. The van der Waals surface area contributed by atoms with Gasteiger partial charge in [-0.1, -0.05) is 0 Å². The highest BCUT2D eigenvalue weighted by Gasteiger charge is 2.18. The number of carbonyl (C=O) groups excluding carboxylic acids is 1. The van der Waals surface area contributed by atoms with Gasteiger partial charge in [0.2, 0.25) is 5.88 Å². The number of nitrogen functional groups attached to an aromatic ring is 1. The van der Waals surface area contributed by atoms with Gasteiger partial charge >= 0.3 is 5.97 Å². The zero-order valence-electron chi connectivity index (χ0n) is 11.7. The smallest absolute Gasteiger partial charge is 0.340 e. The maximum absolute atomic E-state index is 11.5. The quantitative estimate of drug-likeness (QED) is 0.790. The average molecular weight is 268 g/mol. The second-order valence-electron chi connectivity index (χ2n) is 4.63. The molecule has 0 aliphatic rings. The lowest BCUT2D eigenvalue weighted by Crippen LogP contribution is -2.25. The van der Waals surface area contributed by atoms with Crippen molar-refractivity contribution in [3.8, 4) is 5.88 Å². The first kappa shape index (κ1) is 15.2. The van der Waals surface area contributed by atoms with E-state index in [0.29, 0.717) is 13.0 Å². The van der Waals surface area contributed by atoms with Crippen LogP contribution in [0.15, 0.2) is 12.3 Å². The highest BCUT2D eigenvalue weighted by molar-refractivity contribution is 5.95. The second-order valence-corrected chi connectivity index (χ2v) is 4.63. The number of methoxy groups -OCH3 is 2. The van der Waals surface area contributed by atoms with Crippen molar-refractivity contribution in [2.24, 2.45) is 0 Å². The minimum absolute atomic E-state index is 0.185. The summed E-state index contributed by atoms with van der Waals surface area (Å²) in [7, 11) is 2.94. The van der Waals surface area contributed by atoms with Gasteiger partial charge in [-0.15, -0.1) is 0 Å². The molecule has 1 aromatic rings. The number of hydrogen-bond donors (Lipinski definition) is 1. The first-order valence-electron chi connectivity index (χ1n) is 5.92. The molecule has 0 saturated heterocycles. The van der Waals surface area contributed by atoms with Gasteiger partial charge in [-0.2, -0.15) is 0 Å². The minimum Gasteiger partial charge on any atom is -0.476 e. The third-order valence-corrected chi connectivity index (χ3v) is 2.85.